The average Bonchev–Trinajstić information content (AvgIpc) is 3.19. The molecule has 5 nitrogen and oxygen atoms in total. The predicted octanol–water partition coefficient (Wildman–Crippen LogP) is 6.17. The highest BCUT2D eigenvalue weighted by atomic mass is 16.6. The Hall–Kier alpha value is -1.43. The minimum Gasteiger partial charge on any atom is -0.507 e. The standard InChI is InChI=1S/C34H50N2O3/c1-20-17-34(38)31(36-18-20)21(2)30-29(39-34)16-27-25-10-9-23-15-24(35-19-22-7-5-6-8-28(22)37)11-13-32(23,3)26(25)12-14-33(27,30)4/h5-8,19-21,23-27,29-31,36-38H,9-18H2,1-4H3/t20-,21-,23+,24+,25-,26+,27+,29+,30+,31-,32+,33+,34-/m1/s1. The molecule has 0 aromatic heterocycles. The van der Waals surface area contributed by atoms with Crippen LogP contribution in [0.5, 0.6) is 5.75 Å². The number of para-hydroxylation sites is 1. The zero-order valence-electron chi connectivity index (χ0n) is 24.5. The molecule has 0 amide bonds. The highest BCUT2D eigenvalue weighted by Gasteiger charge is 2.67. The molecule has 1 aromatic carbocycles. The molecule has 2 saturated heterocycles. The molecule has 13 atom stereocenters. The second-order valence-electron chi connectivity index (χ2n) is 15.3. The van der Waals surface area contributed by atoms with Crippen molar-refractivity contribution in [1.82, 2.24) is 5.32 Å². The van der Waals surface area contributed by atoms with Crippen molar-refractivity contribution in [3.8, 4) is 5.75 Å². The van der Waals surface area contributed by atoms with Crippen LogP contribution in [0, 0.1) is 52.3 Å². The van der Waals surface area contributed by atoms with Crippen LogP contribution in [0.25, 0.3) is 0 Å². The van der Waals surface area contributed by atoms with Crippen LogP contribution >= 0.6 is 0 Å². The van der Waals surface area contributed by atoms with Gasteiger partial charge in [-0.2, -0.15) is 0 Å². The summed E-state index contributed by atoms with van der Waals surface area (Å²) in [5.41, 5.74) is 1.56. The molecule has 2 heterocycles. The van der Waals surface area contributed by atoms with Gasteiger partial charge in [0.1, 0.15) is 5.75 Å². The van der Waals surface area contributed by atoms with Crippen LogP contribution in [0.2, 0.25) is 0 Å². The predicted molar refractivity (Wildman–Crippen MR) is 155 cm³/mol. The van der Waals surface area contributed by atoms with Crippen molar-refractivity contribution < 1.29 is 14.9 Å². The zero-order valence-corrected chi connectivity index (χ0v) is 24.5. The second kappa shape index (κ2) is 9.29. The van der Waals surface area contributed by atoms with E-state index in [2.05, 4.69) is 33.0 Å². The van der Waals surface area contributed by atoms with Gasteiger partial charge in [-0.15, -0.1) is 0 Å². The summed E-state index contributed by atoms with van der Waals surface area (Å²) in [6.45, 7) is 10.9. The first-order valence-corrected chi connectivity index (χ1v) is 16.1. The van der Waals surface area contributed by atoms with Crippen molar-refractivity contribution in [2.24, 2.45) is 57.2 Å². The molecule has 0 radical (unpaired) electrons. The van der Waals surface area contributed by atoms with Gasteiger partial charge in [0.25, 0.3) is 0 Å². The minimum atomic E-state index is -0.999. The lowest BCUT2D eigenvalue weighted by molar-refractivity contribution is -0.310. The summed E-state index contributed by atoms with van der Waals surface area (Å²) in [4.78, 5) is 4.98. The third kappa shape index (κ3) is 4.00. The molecular formula is C34H50N2O3. The van der Waals surface area contributed by atoms with Gasteiger partial charge in [-0.1, -0.05) is 39.8 Å². The van der Waals surface area contributed by atoms with Gasteiger partial charge in [-0.25, -0.2) is 0 Å². The molecule has 2 aliphatic heterocycles. The molecule has 6 aliphatic rings. The minimum absolute atomic E-state index is 0.0603. The zero-order chi connectivity index (χ0) is 27.2. The van der Waals surface area contributed by atoms with E-state index in [9.17, 15) is 10.2 Å². The summed E-state index contributed by atoms with van der Waals surface area (Å²) in [6.07, 6.45) is 13.0. The monoisotopic (exact) mass is 534 g/mol. The van der Waals surface area contributed by atoms with Crippen molar-refractivity contribution in [1.29, 1.82) is 0 Å². The van der Waals surface area contributed by atoms with Crippen molar-refractivity contribution in [2.75, 3.05) is 6.54 Å². The Labute approximate surface area is 235 Å². The van der Waals surface area contributed by atoms with Crippen molar-refractivity contribution in [3.05, 3.63) is 29.8 Å². The van der Waals surface area contributed by atoms with Crippen LogP contribution in [0.15, 0.2) is 29.3 Å². The van der Waals surface area contributed by atoms with Crippen LogP contribution in [0.1, 0.15) is 91.0 Å². The molecule has 0 bridgehead atoms. The molecular weight excluding hydrogens is 484 g/mol. The Kier molecular flexibility index (Phi) is 6.31. The number of phenols is 1. The maximum atomic E-state index is 11.7. The maximum Gasteiger partial charge on any atom is 0.181 e. The topological polar surface area (TPSA) is 74.1 Å². The molecule has 214 valence electrons. The lowest BCUT2D eigenvalue weighted by Crippen LogP contribution is -2.68. The van der Waals surface area contributed by atoms with E-state index in [4.69, 9.17) is 9.73 Å². The number of rotatable bonds is 2. The first-order valence-electron chi connectivity index (χ1n) is 16.1. The van der Waals surface area contributed by atoms with Crippen LogP contribution in [0.4, 0.5) is 0 Å². The van der Waals surface area contributed by atoms with E-state index in [1.54, 1.807) is 6.07 Å². The molecule has 1 aromatic rings. The van der Waals surface area contributed by atoms with E-state index in [1.165, 1.54) is 38.5 Å². The molecule has 4 saturated carbocycles. The molecule has 39 heavy (non-hydrogen) atoms. The molecule has 4 aliphatic carbocycles. The number of nitrogens with one attached hydrogen (secondary N) is 1. The third-order valence-corrected chi connectivity index (χ3v) is 13.3. The molecule has 7 rings (SSSR count). The van der Waals surface area contributed by atoms with Gasteiger partial charge in [0.15, 0.2) is 5.79 Å². The fraction of sp³-hybridized carbons (Fsp3) is 0.794. The number of phenolic OH excluding ortho intramolecular Hbond substituents is 1. The Bertz CT molecular complexity index is 1120. The highest BCUT2D eigenvalue weighted by Crippen LogP contribution is 2.70. The van der Waals surface area contributed by atoms with E-state index in [1.807, 2.05) is 24.4 Å². The summed E-state index contributed by atoms with van der Waals surface area (Å²) in [5, 5.41) is 25.5. The van der Waals surface area contributed by atoms with Crippen molar-refractivity contribution in [2.45, 2.75) is 109 Å². The summed E-state index contributed by atoms with van der Waals surface area (Å²) in [6, 6.07) is 7.95. The van der Waals surface area contributed by atoms with E-state index < -0.39 is 5.79 Å². The second-order valence-corrected chi connectivity index (χ2v) is 15.3. The molecule has 0 spiro atoms. The number of aliphatic imine (C=N–C) groups is 1. The smallest absolute Gasteiger partial charge is 0.181 e. The van der Waals surface area contributed by atoms with Gasteiger partial charge in [-0.3, -0.25) is 4.99 Å². The van der Waals surface area contributed by atoms with Crippen LogP contribution < -0.4 is 5.32 Å². The van der Waals surface area contributed by atoms with E-state index in [0.717, 1.165) is 49.1 Å². The fourth-order valence-electron chi connectivity index (χ4n) is 11.6. The Morgan fingerprint density at radius 2 is 1.79 bits per heavy atom. The van der Waals surface area contributed by atoms with Gasteiger partial charge in [-0.05, 0) is 122 Å². The normalized spacial score (nSPS) is 52.8. The molecule has 5 heteroatoms. The van der Waals surface area contributed by atoms with E-state index in [-0.39, 0.29) is 12.1 Å². The maximum absolute atomic E-state index is 11.7. The third-order valence-electron chi connectivity index (χ3n) is 13.3. The number of fused-ring (bicyclic) bond motifs is 8. The Balaban J connectivity index is 1.09. The molecule has 3 N–H and O–H groups in total. The number of ether oxygens (including phenoxy) is 1. The number of hydrogen-bond donors (Lipinski definition) is 3. The number of aliphatic hydroxyl groups is 1. The van der Waals surface area contributed by atoms with Crippen molar-refractivity contribution >= 4 is 6.21 Å². The number of nitrogens with zero attached hydrogens (tertiary/aromatic N) is 1. The number of hydrogen-bond acceptors (Lipinski definition) is 5. The van der Waals surface area contributed by atoms with Crippen LogP contribution in [-0.4, -0.2) is 46.9 Å². The van der Waals surface area contributed by atoms with Gasteiger partial charge < -0.3 is 20.3 Å². The summed E-state index contributed by atoms with van der Waals surface area (Å²) in [7, 11) is 0. The number of benzene rings is 1. The quantitative estimate of drug-likeness (QED) is 0.397. The van der Waals surface area contributed by atoms with Crippen LogP contribution in [-0.2, 0) is 4.74 Å². The summed E-state index contributed by atoms with van der Waals surface area (Å²) >= 11 is 0. The first kappa shape index (κ1) is 26.5. The van der Waals surface area contributed by atoms with Gasteiger partial charge in [0.2, 0.25) is 0 Å². The Morgan fingerprint density at radius 3 is 2.62 bits per heavy atom. The average molecular weight is 535 g/mol. The van der Waals surface area contributed by atoms with E-state index in [0.29, 0.717) is 46.3 Å². The number of piperidine rings is 1. The van der Waals surface area contributed by atoms with Gasteiger partial charge >= 0.3 is 0 Å². The van der Waals surface area contributed by atoms with Gasteiger partial charge in [0, 0.05) is 18.2 Å². The SMILES string of the molecule is C[C@H]1CN[C@@H]2[C@H](C)[C@H]3[C@H](C[C@H]4[C@@H]5CC[C@H]6C[C@@H](N=Cc7ccccc7O)CC[C@]6(C)[C@H]5CC[C@]34C)O[C@]2(O)C1. The fourth-order valence-corrected chi connectivity index (χ4v) is 11.6. The lowest BCUT2D eigenvalue weighted by Gasteiger charge is -2.62. The van der Waals surface area contributed by atoms with Crippen LogP contribution in [0.3, 0.4) is 0 Å². The van der Waals surface area contributed by atoms with Gasteiger partial charge in [0.05, 0.1) is 18.2 Å². The van der Waals surface area contributed by atoms with E-state index >= 15 is 0 Å². The van der Waals surface area contributed by atoms with Crippen molar-refractivity contribution in [3.63, 3.8) is 0 Å². The highest BCUT2D eigenvalue weighted by molar-refractivity contribution is 5.83. The first-order chi connectivity index (χ1) is 18.6. The Morgan fingerprint density at radius 1 is 1.00 bits per heavy atom. The summed E-state index contributed by atoms with van der Waals surface area (Å²) in [5.74, 6) is 3.80. The largest absolute Gasteiger partial charge is 0.507 e. The lowest BCUT2D eigenvalue weighted by atomic mass is 9.44. The number of aromatic hydroxyl groups is 1. The molecule has 0 unspecified atom stereocenters. The summed E-state index contributed by atoms with van der Waals surface area (Å²) < 4.78 is 6.76. The molecule has 6 fully saturated rings.